The first kappa shape index (κ1) is 24.7. The normalized spacial score (nSPS) is 15.3. The average molecular weight is 488 g/mol. The topological polar surface area (TPSA) is 72.2 Å². The molecule has 3 aromatic rings. The van der Waals surface area contributed by atoms with E-state index in [1.165, 1.54) is 22.9 Å². The van der Waals surface area contributed by atoms with Crippen LogP contribution in [-0.4, -0.2) is 44.8 Å². The molecule has 1 saturated heterocycles. The molecule has 0 atom stereocenters. The van der Waals surface area contributed by atoms with Gasteiger partial charge in [0, 0.05) is 12.5 Å². The first-order chi connectivity index (χ1) is 16.8. The number of nitrogens with one attached hydrogen (secondary N) is 1. The molecule has 1 N–H and O–H groups in total. The van der Waals surface area contributed by atoms with Gasteiger partial charge in [0.2, 0.25) is 5.91 Å². The lowest BCUT2D eigenvalue weighted by Gasteiger charge is -2.31. The lowest BCUT2D eigenvalue weighted by atomic mass is 9.96. The van der Waals surface area contributed by atoms with Gasteiger partial charge in [0.25, 0.3) is 0 Å². The van der Waals surface area contributed by atoms with Crippen LogP contribution in [0, 0.1) is 0 Å². The molecule has 1 aliphatic heterocycles. The van der Waals surface area contributed by atoms with E-state index in [0.29, 0.717) is 39.0 Å². The summed E-state index contributed by atoms with van der Waals surface area (Å²) in [7, 11) is 0. The van der Waals surface area contributed by atoms with Gasteiger partial charge in [-0.1, -0.05) is 42.5 Å². The smallest absolute Gasteiger partial charge is 0.324 e. The Labute approximate surface area is 201 Å². The molecule has 4 rings (SSSR count). The molecule has 7 nitrogen and oxygen atoms in total. The van der Waals surface area contributed by atoms with Crippen molar-refractivity contribution in [1.82, 2.24) is 19.2 Å². The van der Waals surface area contributed by atoms with Crippen LogP contribution in [0.1, 0.15) is 42.6 Å². The minimum absolute atomic E-state index is 0.00193. The monoisotopic (exact) mass is 487 g/mol. The Balaban J connectivity index is 1.37. The van der Waals surface area contributed by atoms with Crippen LogP contribution in [0.3, 0.4) is 0 Å². The van der Waals surface area contributed by atoms with Crippen LogP contribution in [-0.2, 0) is 24.1 Å². The van der Waals surface area contributed by atoms with Gasteiger partial charge in [-0.15, -0.1) is 0 Å². The molecule has 10 heteroatoms. The molecule has 1 amide bonds. The molecule has 1 aliphatic rings. The highest BCUT2D eigenvalue weighted by atomic mass is 19.4. The summed E-state index contributed by atoms with van der Waals surface area (Å²) in [5, 5.41) is 7.03. The van der Waals surface area contributed by atoms with Crippen LogP contribution in [0.5, 0.6) is 0 Å². The maximum absolute atomic E-state index is 13.2. The van der Waals surface area contributed by atoms with Gasteiger partial charge in [0.05, 0.1) is 24.3 Å². The fourth-order valence-electron chi connectivity index (χ4n) is 4.50. The van der Waals surface area contributed by atoms with Gasteiger partial charge < -0.3 is 5.32 Å². The summed E-state index contributed by atoms with van der Waals surface area (Å²) in [6.07, 6.45) is -3.14. The maximum atomic E-state index is 13.2. The van der Waals surface area contributed by atoms with Crippen LogP contribution in [0.15, 0.2) is 59.4 Å². The zero-order chi connectivity index (χ0) is 25.0. The number of hydrogen-bond acceptors (Lipinski definition) is 4. The van der Waals surface area contributed by atoms with Crippen molar-refractivity contribution in [2.24, 2.45) is 0 Å². The summed E-state index contributed by atoms with van der Waals surface area (Å²) in [4.78, 5) is 27.2. The Morgan fingerprint density at radius 1 is 1.06 bits per heavy atom. The van der Waals surface area contributed by atoms with Crippen LogP contribution >= 0.6 is 0 Å². The van der Waals surface area contributed by atoms with E-state index in [9.17, 15) is 22.8 Å². The van der Waals surface area contributed by atoms with E-state index in [4.69, 9.17) is 0 Å². The third-order valence-electron chi connectivity index (χ3n) is 6.27. The van der Waals surface area contributed by atoms with Crippen LogP contribution in [0.2, 0.25) is 0 Å². The Hall–Kier alpha value is -3.40. The SMILES string of the molecule is CCn1c(C2CCN(CC(=O)Nc3ccccc3C(F)(F)F)CC2)nn(Cc2ccccc2)c1=O. The highest BCUT2D eigenvalue weighted by Gasteiger charge is 2.34. The number of aromatic nitrogens is 3. The number of benzene rings is 2. The number of carbonyl (C=O) groups excluding carboxylic acids is 1. The molecule has 0 radical (unpaired) electrons. The van der Waals surface area contributed by atoms with Gasteiger partial charge in [-0.05, 0) is 50.6 Å². The summed E-state index contributed by atoms with van der Waals surface area (Å²) in [5.41, 5.74) is -0.252. The zero-order valence-corrected chi connectivity index (χ0v) is 19.5. The van der Waals surface area contributed by atoms with E-state index in [1.807, 2.05) is 42.2 Å². The average Bonchev–Trinajstić information content (AvgIpc) is 3.14. The van der Waals surface area contributed by atoms with Gasteiger partial charge >= 0.3 is 11.9 Å². The lowest BCUT2D eigenvalue weighted by Crippen LogP contribution is -2.39. The highest BCUT2D eigenvalue weighted by Crippen LogP contribution is 2.34. The van der Waals surface area contributed by atoms with Gasteiger partial charge in [0.1, 0.15) is 5.82 Å². The third kappa shape index (κ3) is 5.82. The molecular weight excluding hydrogens is 459 g/mol. The molecule has 2 heterocycles. The molecule has 0 unspecified atom stereocenters. The van der Waals surface area contributed by atoms with Crippen molar-refractivity contribution in [2.75, 3.05) is 25.0 Å². The zero-order valence-electron chi connectivity index (χ0n) is 19.5. The molecule has 0 bridgehead atoms. The van der Waals surface area contributed by atoms with E-state index < -0.39 is 17.6 Å². The number of halogens is 3. The number of para-hydroxylation sites is 1. The number of likely N-dealkylation sites (tertiary alicyclic amines) is 1. The van der Waals surface area contributed by atoms with Crippen molar-refractivity contribution in [3.63, 3.8) is 0 Å². The number of rotatable bonds is 7. The summed E-state index contributed by atoms with van der Waals surface area (Å²) >= 11 is 0. The Morgan fingerprint density at radius 2 is 1.71 bits per heavy atom. The van der Waals surface area contributed by atoms with E-state index in [1.54, 1.807) is 4.57 Å². The lowest BCUT2D eigenvalue weighted by molar-refractivity contribution is -0.137. The predicted molar refractivity (Wildman–Crippen MR) is 126 cm³/mol. The third-order valence-corrected chi connectivity index (χ3v) is 6.27. The fraction of sp³-hybridized carbons (Fsp3) is 0.400. The second-order valence-corrected chi connectivity index (χ2v) is 8.67. The first-order valence-electron chi connectivity index (χ1n) is 11.7. The van der Waals surface area contributed by atoms with Gasteiger partial charge in [-0.2, -0.15) is 18.3 Å². The molecule has 1 aromatic heterocycles. The van der Waals surface area contributed by atoms with E-state index >= 15 is 0 Å². The van der Waals surface area contributed by atoms with Crippen molar-refractivity contribution < 1.29 is 18.0 Å². The fourth-order valence-corrected chi connectivity index (χ4v) is 4.50. The van der Waals surface area contributed by atoms with Crippen molar-refractivity contribution in [3.05, 3.63) is 82.0 Å². The quantitative estimate of drug-likeness (QED) is 0.548. The van der Waals surface area contributed by atoms with E-state index in [2.05, 4.69) is 10.4 Å². The largest absolute Gasteiger partial charge is 0.418 e. The molecule has 0 saturated carbocycles. The summed E-state index contributed by atoms with van der Waals surface area (Å²) in [5.74, 6) is 0.333. The number of anilines is 1. The standard InChI is InChI=1S/C25H28F3N5O2/c1-2-32-23(30-33(24(32)35)16-18-8-4-3-5-9-18)19-12-14-31(15-13-19)17-22(34)29-21-11-7-6-10-20(21)25(26,27)28/h3-11,19H,2,12-17H2,1H3,(H,29,34). The second kappa shape index (κ2) is 10.5. The second-order valence-electron chi connectivity index (χ2n) is 8.67. The Morgan fingerprint density at radius 3 is 2.37 bits per heavy atom. The molecule has 2 aromatic carbocycles. The molecule has 0 aliphatic carbocycles. The number of amides is 1. The van der Waals surface area contributed by atoms with Crippen molar-refractivity contribution in [1.29, 1.82) is 0 Å². The van der Waals surface area contributed by atoms with Crippen LogP contribution in [0.25, 0.3) is 0 Å². The molecule has 1 fully saturated rings. The number of piperidine rings is 1. The number of carbonyl (C=O) groups is 1. The van der Waals surface area contributed by atoms with Crippen molar-refractivity contribution in [2.45, 2.75) is 44.9 Å². The van der Waals surface area contributed by atoms with Gasteiger partial charge in [0.15, 0.2) is 0 Å². The first-order valence-corrected chi connectivity index (χ1v) is 11.7. The maximum Gasteiger partial charge on any atom is 0.418 e. The van der Waals surface area contributed by atoms with Crippen molar-refractivity contribution >= 4 is 11.6 Å². The summed E-state index contributed by atoms with van der Waals surface area (Å²) in [6.45, 7) is 4.01. The molecule has 186 valence electrons. The van der Waals surface area contributed by atoms with Gasteiger partial charge in [-0.3, -0.25) is 14.3 Å². The molecule has 0 spiro atoms. The minimum Gasteiger partial charge on any atom is -0.324 e. The van der Waals surface area contributed by atoms with Gasteiger partial charge in [-0.25, -0.2) is 9.48 Å². The van der Waals surface area contributed by atoms with E-state index in [-0.39, 0.29) is 23.8 Å². The predicted octanol–water partition coefficient (Wildman–Crippen LogP) is 3.95. The Kier molecular flexibility index (Phi) is 7.39. The van der Waals surface area contributed by atoms with Crippen molar-refractivity contribution in [3.8, 4) is 0 Å². The number of alkyl halides is 3. The van der Waals surface area contributed by atoms with Crippen LogP contribution < -0.4 is 11.0 Å². The highest BCUT2D eigenvalue weighted by molar-refractivity contribution is 5.93. The Bertz CT molecular complexity index is 1210. The van der Waals surface area contributed by atoms with E-state index in [0.717, 1.165) is 17.5 Å². The summed E-state index contributed by atoms with van der Waals surface area (Å²) < 4.78 is 42.7. The summed E-state index contributed by atoms with van der Waals surface area (Å²) in [6, 6.07) is 14.6. The number of hydrogen-bond donors (Lipinski definition) is 1. The van der Waals surface area contributed by atoms with Crippen LogP contribution in [0.4, 0.5) is 18.9 Å². The minimum atomic E-state index is -4.54. The number of nitrogens with zero attached hydrogens (tertiary/aromatic N) is 4. The molecular formula is C25H28F3N5O2. The molecule has 35 heavy (non-hydrogen) atoms.